The van der Waals surface area contributed by atoms with Crippen LogP contribution in [0.2, 0.25) is 0 Å². The van der Waals surface area contributed by atoms with Crippen molar-refractivity contribution in [2.45, 2.75) is 27.7 Å². The van der Waals surface area contributed by atoms with Gasteiger partial charge >= 0.3 is 0 Å². The maximum Gasteiger partial charge on any atom is 0.163 e. The molecule has 0 saturated heterocycles. The van der Waals surface area contributed by atoms with Crippen molar-refractivity contribution in [2.24, 2.45) is 0 Å². The van der Waals surface area contributed by atoms with Gasteiger partial charge in [-0.25, -0.2) is 29.9 Å². The van der Waals surface area contributed by atoms with E-state index in [1.807, 2.05) is 88.4 Å². The summed E-state index contributed by atoms with van der Waals surface area (Å²) in [4.78, 5) is 27.4. The first-order valence-corrected chi connectivity index (χ1v) is 19.2. The van der Waals surface area contributed by atoms with Gasteiger partial charge in [0.05, 0.1) is 68.3 Å². The maximum absolute atomic E-state index is 10.8. The number of nitrogens with zero attached hydrogens (tertiary/aromatic N) is 11. The Labute approximate surface area is 343 Å². The highest BCUT2D eigenvalue weighted by atomic mass is 15.0. The van der Waals surface area contributed by atoms with Crippen LogP contribution in [0, 0.1) is 61.7 Å². The second-order valence-corrected chi connectivity index (χ2v) is 14.7. The minimum atomic E-state index is 0.343. The number of hydrogen-bond donors (Lipinski definition) is 0. The molecular formula is C49H31N11. The third-order valence-electron chi connectivity index (χ3n) is 10.8. The molecule has 0 aliphatic rings. The van der Waals surface area contributed by atoms with Gasteiger partial charge in [0, 0.05) is 38.2 Å². The fraction of sp³-hybridized carbons (Fsp3) is 0.0816. The number of aromatic nitrogens is 8. The summed E-state index contributed by atoms with van der Waals surface area (Å²) in [6.07, 6.45) is 0. The van der Waals surface area contributed by atoms with Crippen LogP contribution in [-0.4, -0.2) is 39.0 Å². The minimum absolute atomic E-state index is 0.343. The van der Waals surface area contributed by atoms with Crippen LogP contribution >= 0.6 is 0 Å². The second-order valence-electron chi connectivity index (χ2n) is 14.7. The zero-order chi connectivity index (χ0) is 41.2. The molecule has 0 fully saturated rings. The predicted octanol–water partition coefficient (Wildman–Crippen LogP) is 10.1. The summed E-state index contributed by atoms with van der Waals surface area (Å²) < 4.78 is 4.33. The standard InChI is InChI=1S/C49H31N11/c1-27-53-28(2)56-48(55-27)34-13-15-43-39(22-34)37-9-5-7-11-41(37)59(43)45-20-33(26-52)21-46(47(45)36-18-31(24-50)17-32(19-36)25-51)60-42-12-8-6-10-38(42)40-23-35(14-16-44(40)60)49-57-29(3)54-30(4)58-49/h5-23H,1-4H3. The summed E-state index contributed by atoms with van der Waals surface area (Å²) in [6, 6.07) is 44.6. The highest BCUT2D eigenvalue weighted by molar-refractivity contribution is 6.13. The summed E-state index contributed by atoms with van der Waals surface area (Å²) in [6.45, 7) is 7.43. The van der Waals surface area contributed by atoms with E-state index in [1.165, 1.54) is 0 Å². The normalized spacial score (nSPS) is 11.3. The highest BCUT2D eigenvalue weighted by Crippen LogP contribution is 2.44. The SMILES string of the molecule is Cc1nc(C)nc(-c2ccc3c(c2)c2ccccc2n3-c2cc(C#N)cc(-n3c4ccccc4c4cc(-c5nc(C)nc(C)n5)ccc43)c2-c2cc(C#N)cc(C#N)c2)n1. The zero-order valence-corrected chi connectivity index (χ0v) is 32.9. The van der Waals surface area contributed by atoms with Crippen molar-refractivity contribution >= 4 is 43.6 Å². The van der Waals surface area contributed by atoms with E-state index in [4.69, 9.17) is 0 Å². The Hall–Kier alpha value is -8.59. The van der Waals surface area contributed by atoms with Gasteiger partial charge in [0.25, 0.3) is 0 Å². The smallest absolute Gasteiger partial charge is 0.163 e. The number of rotatable bonds is 5. The molecule has 0 atom stereocenters. The van der Waals surface area contributed by atoms with Crippen LogP contribution < -0.4 is 0 Å². The van der Waals surface area contributed by atoms with Crippen molar-refractivity contribution in [2.75, 3.05) is 0 Å². The van der Waals surface area contributed by atoms with Crippen LogP contribution in [0.1, 0.15) is 40.0 Å². The Morgan fingerprint density at radius 1 is 0.383 bits per heavy atom. The quantitative estimate of drug-likeness (QED) is 0.166. The Balaban J connectivity index is 1.34. The molecule has 0 amide bonds. The first kappa shape index (κ1) is 35.8. The van der Waals surface area contributed by atoms with Crippen LogP contribution in [0.15, 0.2) is 115 Å². The molecule has 60 heavy (non-hydrogen) atoms. The molecule has 4 aromatic heterocycles. The van der Waals surface area contributed by atoms with Gasteiger partial charge in [-0.2, -0.15) is 15.8 Å². The van der Waals surface area contributed by atoms with E-state index in [0.29, 0.717) is 68.6 Å². The van der Waals surface area contributed by atoms with Crippen LogP contribution in [0.25, 0.3) is 88.9 Å². The Morgan fingerprint density at radius 2 is 0.767 bits per heavy atom. The number of fused-ring (bicyclic) bond motifs is 6. The number of nitriles is 3. The molecule has 0 radical (unpaired) electrons. The fourth-order valence-electron chi connectivity index (χ4n) is 8.46. The molecule has 0 spiro atoms. The van der Waals surface area contributed by atoms with Crippen LogP contribution in [-0.2, 0) is 0 Å². The maximum atomic E-state index is 10.8. The molecule has 11 nitrogen and oxygen atoms in total. The average molecular weight is 774 g/mol. The number of benzene rings is 6. The van der Waals surface area contributed by atoms with Gasteiger partial charge < -0.3 is 9.13 Å². The van der Waals surface area contributed by atoms with Crippen molar-refractivity contribution in [3.8, 4) is 63.5 Å². The van der Waals surface area contributed by atoms with E-state index in [1.54, 1.807) is 6.07 Å². The Morgan fingerprint density at radius 3 is 1.18 bits per heavy atom. The fourth-order valence-corrected chi connectivity index (χ4v) is 8.46. The van der Waals surface area contributed by atoms with Crippen molar-refractivity contribution in [3.05, 3.63) is 155 Å². The average Bonchev–Trinajstić information content (AvgIpc) is 3.77. The summed E-state index contributed by atoms with van der Waals surface area (Å²) in [5, 5.41) is 35.2. The van der Waals surface area contributed by atoms with Gasteiger partial charge in [0.1, 0.15) is 23.3 Å². The number of hydrogen-bond acceptors (Lipinski definition) is 9. The first-order chi connectivity index (χ1) is 29.2. The lowest BCUT2D eigenvalue weighted by molar-refractivity contribution is 0.928. The third-order valence-corrected chi connectivity index (χ3v) is 10.8. The molecular weight excluding hydrogens is 743 g/mol. The molecule has 4 heterocycles. The zero-order valence-electron chi connectivity index (χ0n) is 32.9. The number of aryl methyl sites for hydroxylation is 4. The molecule has 11 heteroatoms. The van der Waals surface area contributed by atoms with E-state index in [2.05, 4.69) is 106 Å². The lowest BCUT2D eigenvalue weighted by atomic mass is 9.95. The molecule has 0 aliphatic heterocycles. The van der Waals surface area contributed by atoms with Crippen molar-refractivity contribution in [1.29, 1.82) is 15.8 Å². The monoisotopic (exact) mass is 773 g/mol. The Kier molecular flexibility index (Phi) is 8.24. The van der Waals surface area contributed by atoms with E-state index in [9.17, 15) is 15.8 Å². The second kappa shape index (κ2) is 13.8. The van der Waals surface area contributed by atoms with Gasteiger partial charge in [0.2, 0.25) is 0 Å². The predicted molar refractivity (Wildman–Crippen MR) is 231 cm³/mol. The lowest BCUT2D eigenvalue weighted by Crippen LogP contribution is -2.05. The molecule has 0 saturated carbocycles. The topological polar surface area (TPSA) is 159 Å². The van der Waals surface area contributed by atoms with Crippen LogP contribution in [0.3, 0.4) is 0 Å². The molecule has 6 aromatic carbocycles. The summed E-state index contributed by atoms with van der Waals surface area (Å²) in [7, 11) is 0. The summed E-state index contributed by atoms with van der Waals surface area (Å²) >= 11 is 0. The molecule has 10 rings (SSSR count). The largest absolute Gasteiger partial charge is 0.308 e. The number of para-hydroxylation sites is 2. The van der Waals surface area contributed by atoms with Crippen molar-refractivity contribution in [1.82, 2.24) is 39.0 Å². The van der Waals surface area contributed by atoms with Crippen LogP contribution in [0.4, 0.5) is 0 Å². The summed E-state index contributed by atoms with van der Waals surface area (Å²) in [5.74, 6) is 3.72. The molecule has 282 valence electrons. The first-order valence-electron chi connectivity index (χ1n) is 19.2. The lowest BCUT2D eigenvalue weighted by Gasteiger charge is -2.21. The van der Waals surface area contributed by atoms with Gasteiger partial charge in [-0.05, 0) is 112 Å². The third kappa shape index (κ3) is 5.79. The molecule has 0 bridgehead atoms. The molecule has 10 aromatic rings. The molecule has 0 unspecified atom stereocenters. The van der Waals surface area contributed by atoms with Gasteiger partial charge in [0.15, 0.2) is 11.6 Å². The summed E-state index contributed by atoms with van der Waals surface area (Å²) in [5.41, 5.74) is 9.17. The van der Waals surface area contributed by atoms with Crippen LogP contribution in [0.5, 0.6) is 0 Å². The van der Waals surface area contributed by atoms with Gasteiger partial charge in [-0.1, -0.05) is 36.4 Å². The van der Waals surface area contributed by atoms with Crippen molar-refractivity contribution in [3.63, 3.8) is 0 Å². The highest BCUT2D eigenvalue weighted by Gasteiger charge is 2.25. The molecule has 0 aliphatic carbocycles. The van der Waals surface area contributed by atoms with E-state index in [-0.39, 0.29) is 0 Å². The molecule has 0 N–H and O–H groups in total. The van der Waals surface area contributed by atoms with Gasteiger partial charge in [-0.3, -0.25) is 0 Å². The van der Waals surface area contributed by atoms with Gasteiger partial charge in [-0.15, -0.1) is 0 Å². The minimum Gasteiger partial charge on any atom is -0.308 e. The van der Waals surface area contributed by atoms with E-state index >= 15 is 0 Å². The van der Waals surface area contributed by atoms with E-state index in [0.717, 1.165) is 60.3 Å². The van der Waals surface area contributed by atoms with E-state index < -0.39 is 0 Å². The Bertz CT molecular complexity index is 3330. The van der Waals surface area contributed by atoms with Crippen molar-refractivity contribution < 1.29 is 0 Å².